The average Bonchev–Trinajstić information content (AvgIpc) is 2.51. The summed E-state index contributed by atoms with van der Waals surface area (Å²) in [6, 6.07) is 0. The molecule has 2 rings (SSSR count). The second-order valence-electron chi connectivity index (χ2n) is 10.5. The van der Waals surface area contributed by atoms with Crippen LogP contribution in [0.1, 0.15) is 93.4 Å². The zero-order valence-electron chi connectivity index (χ0n) is 19.0. The van der Waals surface area contributed by atoms with Crippen LogP contribution in [0.2, 0.25) is 0 Å². The minimum atomic E-state index is -0.698. The molecule has 0 aromatic rings. The summed E-state index contributed by atoms with van der Waals surface area (Å²) in [4.78, 5) is 23.5. The second kappa shape index (κ2) is 7.84. The van der Waals surface area contributed by atoms with Gasteiger partial charge >= 0.3 is 11.9 Å². The van der Waals surface area contributed by atoms with Crippen LogP contribution in [0, 0.1) is 22.7 Å². The Morgan fingerprint density at radius 1 is 1.11 bits per heavy atom. The first-order valence-electron chi connectivity index (χ1n) is 10.8. The third kappa shape index (κ3) is 4.46. The number of carbonyl (C=O) groups is 2. The average molecular weight is 393 g/mol. The predicted octanol–water partition coefficient (Wildman–Crippen LogP) is 5.84. The van der Waals surface area contributed by atoms with Crippen LogP contribution in [0.5, 0.6) is 0 Å². The third-order valence-corrected chi connectivity index (χ3v) is 7.85. The number of fused-ring (bicyclic) bond motifs is 1. The summed E-state index contributed by atoms with van der Waals surface area (Å²) in [5.74, 6) is 0.316. The van der Waals surface area contributed by atoms with Gasteiger partial charge in [0.2, 0.25) is 0 Å². The first-order chi connectivity index (χ1) is 12.8. The maximum Gasteiger partial charge on any atom is 0.303 e. The second-order valence-corrected chi connectivity index (χ2v) is 10.5. The van der Waals surface area contributed by atoms with Crippen molar-refractivity contribution in [3.63, 3.8) is 0 Å². The van der Waals surface area contributed by atoms with Gasteiger partial charge in [0, 0.05) is 19.8 Å². The molecule has 0 spiro atoms. The van der Waals surface area contributed by atoms with Crippen molar-refractivity contribution in [2.45, 2.75) is 105 Å². The van der Waals surface area contributed by atoms with E-state index in [4.69, 9.17) is 9.47 Å². The Morgan fingerprint density at radius 3 is 2.29 bits per heavy atom. The molecule has 2 aliphatic rings. The van der Waals surface area contributed by atoms with Crippen LogP contribution in [0.4, 0.5) is 0 Å². The monoisotopic (exact) mass is 392 g/mol. The lowest BCUT2D eigenvalue weighted by Crippen LogP contribution is -2.59. The highest BCUT2D eigenvalue weighted by molar-refractivity contribution is 5.67. The molecule has 4 nitrogen and oxygen atoms in total. The van der Waals surface area contributed by atoms with Crippen molar-refractivity contribution < 1.29 is 19.1 Å². The number of hydrogen-bond acceptors (Lipinski definition) is 4. The topological polar surface area (TPSA) is 52.6 Å². The van der Waals surface area contributed by atoms with Gasteiger partial charge in [0.15, 0.2) is 0 Å². The molecule has 0 amide bonds. The van der Waals surface area contributed by atoms with Crippen molar-refractivity contribution in [1.29, 1.82) is 0 Å². The van der Waals surface area contributed by atoms with Gasteiger partial charge in [0.1, 0.15) is 11.2 Å². The molecular weight excluding hydrogens is 352 g/mol. The summed E-state index contributed by atoms with van der Waals surface area (Å²) in [6.07, 6.45) is 8.83. The Morgan fingerprint density at radius 2 is 1.75 bits per heavy atom. The van der Waals surface area contributed by atoms with Crippen molar-refractivity contribution in [1.82, 2.24) is 0 Å². The highest BCUT2D eigenvalue weighted by Gasteiger charge is 2.59. The Bertz CT molecular complexity index is 624. The highest BCUT2D eigenvalue weighted by Crippen LogP contribution is 2.63. The fourth-order valence-corrected chi connectivity index (χ4v) is 6.65. The standard InChI is InChI=1S/C24H40O4/c1-9-22(6,27-17(2)25)15-11-20-23(7)14-10-13-21(4,5)19(23)12-16-24(20,8)28-18(3)26/h9,19-20H,1,10-16H2,2-8H3/t19-,20-,22+,23-,24-/m0/s1. The lowest BCUT2D eigenvalue weighted by molar-refractivity contribution is -0.201. The Balaban J connectivity index is 2.37. The number of carbonyl (C=O) groups excluding carboxylic acids is 2. The van der Waals surface area contributed by atoms with Crippen LogP contribution >= 0.6 is 0 Å². The van der Waals surface area contributed by atoms with Crippen LogP contribution in [0.15, 0.2) is 12.7 Å². The lowest BCUT2D eigenvalue weighted by Gasteiger charge is -2.62. The van der Waals surface area contributed by atoms with Crippen LogP contribution < -0.4 is 0 Å². The molecule has 2 aliphatic carbocycles. The predicted molar refractivity (Wildman–Crippen MR) is 112 cm³/mol. The van der Waals surface area contributed by atoms with E-state index in [0.717, 1.165) is 25.7 Å². The van der Waals surface area contributed by atoms with E-state index in [2.05, 4.69) is 34.3 Å². The molecule has 0 heterocycles. The zero-order valence-corrected chi connectivity index (χ0v) is 19.0. The Hall–Kier alpha value is -1.32. The van der Waals surface area contributed by atoms with Crippen molar-refractivity contribution in [2.75, 3.05) is 0 Å². The van der Waals surface area contributed by atoms with E-state index in [0.29, 0.717) is 17.8 Å². The summed E-state index contributed by atoms with van der Waals surface area (Å²) >= 11 is 0. The molecule has 5 atom stereocenters. The van der Waals surface area contributed by atoms with Gasteiger partial charge in [-0.15, -0.1) is 0 Å². The Labute approximate surface area is 171 Å². The molecule has 0 radical (unpaired) electrons. The first kappa shape index (κ1) is 23.0. The first-order valence-corrected chi connectivity index (χ1v) is 10.8. The number of esters is 2. The molecule has 160 valence electrons. The van der Waals surface area contributed by atoms with E-state index in [-0.39, 0.29) is 23.3 Å². The molecule has 28 heavy (non-hydrogen) atoms. The molecule has 2 fully saturated rings. The molecule has 0 unspecified atom stereocenters. The van der Waals surface area contributed by atoms with E-state index in [1.165, 1.54) is 26.7 Å². The quantitative estimate of drug-likeness (QED) is 0.421. The van der Waals surface area contributed by atoms with Crippen molar-refractivity contribution >= 4 is 11.9 Å². The van der Waals surface area contributed by atoms with Gasteiger partial charge in [-0.25, -0.2) is 0 Å². The van der Waals surface area contributed by atoms with E-state index >= 15 is 0 Å². The summed E-state index contributed by atoms with van der Waals surface area (Å²) in [5.41, 5.74) is -0.789. The SMILES string of the molecule is C=C[C@](C)(CC[C@H]1[C@@]2(C)CCCC(C)(C)[C@@H]2CC[C@]1(C)OC(C)=O)OC(C)=O. The summed E-state index contributed by atoms with van der Waals surface area (Å²) in [6.45, 7) is 18.1. The van der Waals surface area contributed by atoms with Crippen molar-refractivity contribution in [3.05, 3.63) is 12.7 Å². The molecule has 0 aromatic heterocycles. The van der Waals surface area contributed by atoms with Crippen LogP contribution in [-0.2, 0) is 19.1 Å². The molecule has 2 saturated carbocycles. The number of rotatable bonds is 6. The number of hydrogen-bond donors (Lipinski definition) is 0. The summed E-state index contributed by atoms with van der Waals surface area (Å²) in [5, 5.41) is 0. The van der Waals surface area contributed by atoms with Gasteiger partial charge in [-0.2, -0.15) is 0 Å². The van der Waals surface area contributed by atoms with Gasteiger partial charge in [-0.3, -0.25) is 9.59 Å². The van der Waals surface area contributed by atoms with Gasteiger partial charge in [0.25, 0.3) is 0 Å². The largest absolute Gasteiger partial charge is 0.459 e. The van der Waals surface area contributed by atoms with Gasteiger partial charge in [-0.05, 0) is 75.2 Å². The lowest BCUT2D eigenvalue weighted by atomic mass is 9.45. The summed E-state index contributed by atoms with van der Waals surface area (Å²) < 4.78 is 11.6. The van der Waals surface area contributed by atoms with E-state index in [1.807, 2.05) is 6.92 Å². The molecule has 0 aromatic carbocycles. The van der Waals surface area contributed by atoms with Crippen LogP contribution in [0.3, 0.4) is 0 Å². The normalized spacial score (nSPS) is 36.5. The summed E-state index contributed by atoms with van der Waals surface area (Å²) in [7, 11) is 0. The van der Waals surface area contributed by atoms with Gasteiger partial charge in [0.05, 0.1) is 0 Å². The number of ether oxygens (including phenoxy) is 2. The molecular formula is C24H40O4. The third-order valence-electron chi connectivity index (χ3n) is 7.85. The van der Waals surface area contributed by atoms with Crippen LogP contribution in [0.25, 0.3) is 0 Å². The minimum Gasteiger partial charge on any atom is -0.459 e. The zero-order chi connectivity index (χ0) is 21.4. The molecule has 4 heteroatoms. The van der Waals surface area contributed by atoms with E-state index in [9.17, 15) is 9.59 Å². The smallest absolute Gasteiger partial charge is 0.303 e. The molecule has 0 bridgehead atoms. The van der Waals surface area contributed by atoms with Gasteiger partial charge < -0.3 is 9.47 Å². The van der Waals surface area contributed by atoms with Crippen molar-refractivity contribution in [3.8, 4) is 0 Å². The highest BCUT2D eigenvalue weighted by atomic mass is 16.6. The van der Waals surface area contributed by atoms with Crippen molar-refractivity contribution in [2.24, 2.45) is 22.7 Å². The molecule has 0 N–H and O–H groups in total. The molecule has 0 aliphatic heterocycles. The minimum absolute atomic E-state index is 0.0997. The van der Waals surface area contributed by atoms with Crippen LogP contribution in [-0.4, -0.2) is 23.1 Å². The van der Waals surface area contributed by atoms with E-state index in [1.54, 1.807) is 6.08 Å². The fourth-order valence-electron chi connectivity index (χ4n) is 6.65. The van der Waals surface area contributed by atoms with Gasteiger partial charge in [-0.1, -0.05) is 33.8 Å². The van der Waals surface area contributed by atoms with E-state index < -0.39 is 11.2 Å². The fraction of sp³-hybridized carbons (Fsp3) is 0.833. The molecule has 0 saturated heterocycles. The maximum absolute atomic E-state index is 11.9. The Kier molecular flexibility index (Phi) is 6.43. The maximum atomic E-state index is 11.9.